The topological polar surface area (TPSA) is 218 Å². The molecular weight excluding hydrogens is 977 g/mol. The molecule has 0 bridgehead atoms. The molecule has 2 aliphatic heterocycles. The van der Waals surface area contributed by atoms with Gasteiger partial charge < -0.3 is 48.4 Å². The van der Waals surface area contributed by atoms with Crippen molar-refractivity contribution in [3.8, 4) is 51.4 Å². The van der Waals surface area contributed by atoms with Crippen LogP contribution in [0.2, 0.25) is 0 Å². The van der Waals surface area contributed by atoms with Crippen LogP contribution in [0, 0.1) is 20.8 Å². The third-order valence-electron chi connectivity index (χ3n) is 13.1. The molecule has 382 valence electrons. The van der Waals surface area contributed by atoms with Gasteiger partial charge in [-0.05, 0) is 128 Å². The van der Waals surface area contributed by atoms with Gasteiger partial charge in [-0.2, -0.15) is 0 Å². The third-order valence-corrected chi connectivity index (χ3v) is 13.1. The highest BCUT2D eigenvalue weighted by Crippen LogP contribution is 2.54. The molecule has 74 heavy (non-hydrogen) atoms. The quantitative estimate of drug-likeness (QED) is 0.0704. The number of halogens is 4. The first kappa shape index (κ1) is 49.0. The van der Waals surface area contributed by atoms with Crippen molar-refractivity contribution in [3.63, 3.8) is 0 Å². The van der Waals surface area contributed by atoms with Crippen LogP contribution in [0.5, 0.6) is 28.9 Å². The van der Waals surface area contributed by atoms with Gasteiger partial charge in [0.05, 0.1) is 47.1 Å². The van der Waals surface area contributed by atoms with E-state index < -0.39 is 65.9 Å². The zero-order valence-corrected chi connectivity index (χ0v) is 39.9. The minimum Gasteiger partial charge on any atom is -0.466 e. The van der Waals surface area contributed by atoms with Crippen LogP contribution in [-0.2, 0) is 52.4 Å². The van der Waals surface area contributed by atoms with Crippen LogP contribution in [0.3, 0.4) is 0 Å². The highest BCUT2D eigenvalue weighted by molar-refractivity contribution is 6.02. The fraction of sp³-hybridized carbons (Fsp3) is 0.308. The van der Waals surface area contributed by atoms with Gasteiger partial charge in [0.25, 0.3) is 5.56 Å². The molecule has 2 N–H and O–H groups in total. The van der Waals surface area contributed by atoms with Crippen molar-refractivity contribution in [2.75, 3.05) is 31.0 Å². The lowest BCUT2D eigenvalue weighted by atomic mass is 9.94. The smallest absolute Gasteiger partial charge is 0.466 e. The van der Waals surface area contributed by atoms with E-state index in [1.807, 2.05) is 0 Å². The number of pyridine rings is 4. The number of rotatable bonds is 16. The number of carbonyl (C=O) groups excluding carboxylic acids is 4. The zero-order valence-electron chi connectivity index (χ0n) is 39.9. The first-order valence-electron chi connectivity index (χ1n) is 23.2. The number of aromatic nitrogens is 4. The predicted molar refractivity (Wildman–Crippen MR) is 252 cm³/mol. The van der Waals surface area contributed by atoms with Gasteiger partial charge >= 0.3 is 24.5 Å². The van der Waals surface area contributed by atoms with Gasteiger partial charge in [0.2, 0.25) is 17.7 Å². The molecule has 0 unspecified atom stereocenters. The minimum atomic E-state index is -3.81. The fourth-order valence-electron chi connectivity index (χ4n) is 8.89. The summed E-state index contributed by atoms with van der Waals surface area (Å²) in [7, 11) is 1.20. The monoisotopic (exact) mass is 1020 g/mol. The molecule has 0 radical (unpaired) electrons. The van der Waals surface area contributed by atoms with Gasteiger partial charge in [-0.1, -0.05) is 24.3 Å². The number of methoxy groups -OCH3 is 1. The lowest BCUT2D eigenvalue weighted by Crippen LogP contribution is -2.29. The maximum absolute atomic E-state index is 14.0. The van der Waals surface area contributed by atoms with Crippen molar-refractivity contribution < 1.29 is 69.9 Å². The van der Waals surface area contributed by atoms with Gasteiger partial charge in [0.1, 0.15) is 18.2 Å². The second-order valence-corrected chi connectivity index (χ2v) is 18.4. The first-order chi connectivity index (χ1) is 35.2. The summed E-state index contributed by atoms with van der Waals surface area (Å²) in [5.74, 6) is -2.54. The van der Waals surface area contributed by atoms with E-state index >= 15 is 0 Å². The second-order valence-electron chi connectivity index (χ2n) is 18.4. The fourth-order valence-corrected chi connectivity index (χ4v) is 8.89. The Morgan fingerprint density at radius 3 is 1.73 bits per heavy atom. The Bertz CT molecular complexity index is 3380. The average molecular weight is 1020 g/mol. The van der Waals surface area contributed by atoms with E-state index in [4.69, 9.17) is 19.2 Å². The maximum atomic E-state index is 14.0. The summed E-state index contributed by atoms with van der Waals surface area (Å²) in [5, 5.41) is 5.67. The average Bonchev–Trinajstić information content (AvgIpc) is 4.29. The summed E-state index contributed by atoms with van der Waals surface area (Å²) >= 11 is 0. The molecular formula is C52H44F4N6O12. The Hall–Kier alpha value is -8.56. The predicted octanol–water partition coefficient (Wildman–Crippen LogP) is 7.61. The molecule has 2 fully saturated rings. The molecule has 2 amide bonds. The number of hydrogen-bond acceptors (Lipinski definition) is 15. The largest absolute Gasteiger partial charge is 0.586 e. The standard InChI is InChI=1S/C52H44F4N6O12/c1-27-19-34(44-29(3)6-12-40(59-44)61-48(67)50(16-17-50)32-8-10-36-38(22-32)74-52(55,56)72-36)46(65)62(24-27)25-41(63)69-18-13-30-20-33(45(57-23-30)70-26-42(64)68-4)43-28(2)5-11-39(58-43)60-47(66)49(14-15-49)31-7-9-35-37(21-31)73-51(53,54)71-35/h5-12,19-24H,13-18,25-26H2,1-4H3,(H,58,60,66)(H,59,61,67). The van der Waals surface area contributed by atoms with E-state index in [1.54, 1.807) is 69.3 Å². The summed E-state index contributed by atoms with van der Waals surface area (Å²) in [4.78, 5) is 80.7. The molecule has 18 nitrogen and oxygen atoms in total. The van der Waals surface area contributed by atoms with Crippen molar-refractivity contribution in [2.45, 2.75) is 82.8 Å². The van der Waals surface area contributed by atoms with Gasteiger partial charge in [-0.15, -0.1) is 17.6 Å². The summed E-state index contributed by atoms with van der Waals surface area (Å²) in [6, 6.07) is 18.4. The molecule has 6 aromatic rings. The number of alkyl halides is 4. The number of benzene rings is 2. The van der Waals surface area contributed by atoms with E-state index in [2.05, 4.69) is 39.5 Å². The maximum Gasteiger partial charge on any atom is 0.586 e. The zero-order chi connectivity index (χ0) is 52.3. The molecule has 0 saturated heterocycles. The molecule has 4 aromatic heterocycles. The molecule has 22 heteroatoms. The molecule has 0 spiro atoms. The normalized spacial score (nSPS) is 16.4. The van der Waals surface area contributed by atoms with Gasteiger partial charge in [0.15, 0.2) is 29.6 Å². The lowest BCUT2D eigenvalue weighted by molar-refractivity contribution is -0.287. The Labute approximate surface area is 417 Å². The summed E-state index contributed by atoms with van der Waals surface area (Å²) in [6.45, 7) is 4.18. The number of carbonyl (C=O) groups is 4. The van der Waals surface area contributed by atoms with Gasteiger partial charge in [-0.3, -0.25) is 19.2 Å². The number of anilines is 2. The summed E-state index contributed by atoms with van der Waals surface area (Å²) in [6.07, 6.45) is -2.72. The van der Waals surface area contributed by atoms with Crippen molar-refractivity contribution in [3.05, 3.63) is 129 Å². The van der Waals surface area contributed by atoms with Crippen molar-refractivity contribution in [1.29, 1.82) is 0 Å². The van der Waals surface area contributed by atoms with Crippen LogP contribution in [0.25, 0.3) is 22.5 Å². The Morgan fingerprint density at radius 1 is 0.676 bits per heavy atom. The van der Waals surface area contributed by atoms with Crippen molar-refractivity contribution in [1.82, 2.24) is 19.5 Å². The third kappa shape index (κ3) is 9.73. The molecule has 2 aliphatic carbocycles. The van der Waals surface area contributed by atoms with Crippen molar-refractivity contribution >= 4 is 35.4 Å². The summed E-state index contributed by atoms with van der Waals surface area (Å²) in [5.41, 5.74) is 1.89. The minimum absolute atomic E-state index is 0.0168. The number of aryl methyl sites for hydroxylation is 3. The molecule has 6 heterocycles. The van der Waals surface area contributed by atoms with E-state index in [9.17, 15) is 41.5 Å². The Balaban J connectivity index is 0.813. The van der Waals surface area contributed by atoms with Crippen LogP contribution >= 0.6 is 0 Å². The molecule has 2 aromatic carbocycles. The number of ether oxygens (including phenoxy) is 7. The first-order valence-corrected chi connectivity index (χ1v) is 23.2. The Kier molecular flexibility index (Phi) is 12.3. The molecule has 0 atom stereocenters. The molecule has 10 rings (SSSR count). The van der Waals surface area contributed by atoms with E-state index in [0.29, 0.717) is 70.3 Å². The van der Waals surface area contributed by atoms with Gasteiger partial charge in [0, 0.05) is 18.8 Å². The van der Waals surface area contributed by atoms with E-state index in [-0.39, 0.29) is 64.8 Å². The SMILES string of the molecule is COC(=O)COc1ncc(CCOC(=O)Cn2cc(C)cc(-c3nc(NC(=O)C4(c5ccc6c(c5)OC(F)(F)O6)CC4)ccc3C)c2=O)cc1-c1nc(NC(=O)C2(c3ccc4c(c3)OC(F)(F)O4)CC2)ccc1C. The highest BCUT2D eigenvalue weighted by atomic mass is 19.3. The second kappa shape index (κ2) is 18.5. The number of nitrogens with zero attached hydrogens (tertiary/aromatic N) is 4. The Morgan fingerprint density at radius 2 is 1.20 bits per heavy atom. The number of nitrogens with one attached hydrogen (secondary N) is 2. The molecule has 2 saturated carbocycles. The highest BCUT2D eigenvalue weighted by Gasteiger charge is 2.54. The number of amides is 2. The lowest BCUT2D eigenvalue weighted by Gasteiger charge is -2.17. The van der Waals surface area contributed by atoms with E-state index in [0.717, 1.165) is 0 Å². The van der Waals surface area contributed by atoms with Crippen molar-refractivity contribution in [2.24, 2.45) is 0 Å². The number of fused-ring (bicyclic) bond motifs is 2. The number of hydrogen-bond donors (Lipinski definition) is 2. The number of esters is 2. The van der Waals surface area contributed by atoms with Crippen LogP contribution in [0.1, 0.15) is 59.1 Å². The summed E-state index contributed by atoms with van der Waals surface area (Å²) < 4.78 is 90.4. The van der Waals surface area contributed by atoms with Crippen LogP contribution in [-0.4, -0.2) is 76.2 Å². The van der Waals surface area contributed by atoms with Gasteiger partial charge in [-0.25, -0.2) is 19.7 Å². The van der Waals surface area contributed by atoms with E-state index in [1.165, 1.54) is 48.3 Å². The van der Waals surface area contributed by atoms with Crippen LogP contribution in [0.15, 0.2) is 90.0 Å². The van der Waals surface area contributed by atoms with Crippen LogP contribution in [0.4, 0.5) is 29.2 Å². The van der Waals surface area contributed by atoms with Crippen LogP contribution < -0.4 is 39.9 Å². The molecule has 4 aliphatic rings.